The van der Waals surface area contributed by atoms with E-state index >= 15 is 0 Å². The van der Waals surface area contributed by atoms with Crippen LogP contribution in [-0.2, 0) is 0 Å². The summed E-state index contributed by atoms with van der Waals surface area (Å²) >= 11 is 0. The molecule has 1 aromatic heterocycles. The van der Waals surface area contributed by atoms with Gasteiger partial charge in [0.05, 0.1) is 0 Å². The maximum atomic E-state index is 6.13. The zero-order valence-electron chi connectivity index (χ0n) is 21.5. The molecule has 0 unspecified atom stereocenters. The number of hydrogen-bond acceptors (Lipinski definition) is 1. The molecule has 0 atom stereocenters. The first-order valence-electron chi connectivity index (χ1n) is 13.2. The van der Waals surface area contributed by atoms with Gasteiger partial charge in [-0.25, -0.2) is 0 Å². The highest BCUT2D eigenvalue weighted by Gasteiger charge is 2.18. The molecule has 0 spiro atoms. The van der Waals surface area contributed by atoms with Gasteiger partial charge in [0.2, 0.25) is 0 Å². The molecule has 0 fully saturated rings. The topological polar surface area (TPSA) is 13.1 Å². The highest BCUT2D eigenvalue weighted by Crippen LogP contribution is 2.45. The van der Waals surface area contributed by atoms with Crippen molar-refractivity contribution in [2.24, 2.45) is 0 Å². The van der Waals surface area contributed by atoms with Crippen LogP contribution in [0.2, 0.25) is 0 Å². The number of allylic oxidation sites excluding steroid dienone is 4. The lowest BCUT2D eigenvalue weighted by Gasteiger charge is -2.18. The monoisotopic (exact) mass is 498 g/mol. The van der Waals surface area contributed by atoms with Crippen molar-refractivity contribution < 1.29 is 4.42 Å². The predicted octanol–water partition coefficient (Wildman–Crippen LogP) is 11.0. The summed E-state index contributed by atoms with van der Waals surface area (Å²) in [5.41, 5.74) is 8.85. The number of furan rings is 1. The minimum absolute atomic E-state index is 0.910. The number of rotatable bonds is 5. The molecule has 0 N–H and O–H groups in total. The third kappa shape index (κ3) is 3.71. The summed E-state index contributed by atoms with van der Waals surface area (Å²) < 4.78 is 6.13. The lowest BCUT2D eigenvalue weighted by Crippen LogP contribution is -1.91. The molecule has 39 heavy (non-hydrogen) atoms. The molecule has 0 saturated heterocycles. The lowest BCUT2D eigenvalue weighted by molar-refractivity contribution is 0.669. The van der Waals surface area contributed by atoms with Crippen LogP contribution in [0.25, 0.3) is 71.3 Å². The summed E-state index contributed by atoms with van der Waals surface area (Å²) in [6, 6.07) is 41.1. The zero-order valence-corrected chi connectivity index (χ0v) is 21.5. The quantitative estimate of drug-likeness (QED) is 0.170. The van der Waals surface area contributed by atoms with Gasteiger partial charge in [-0.2, -0.15) is 0 Å². The average Bonchev–Trinajstić information content (AvgIpc) is 3.36. The van der Waals surface area contributed by atoms with Gasteiger partial charge < -0.3 is 4.42 Å². The molecule has 7 aromatic rings. The minimum atomic E-state index is 0.910. The van der Waals surface area contributed by atoms with E-state index in [1.54, 1.807) is 0 Å². The Morgan fingerprint density at radius 2 is 1.08 bits per heavy atom. The van der Waals surface area contributed by atoms with Crippen LogP contribution in [0.3, 0.4) is 0 Å². The molecule has 0 radical (unpaired) electrons. The van der Waals surface area contributed by atoms with E-state index in [-0.39, 0.29) is 0 Å². The van der Waals surface area contributed by atoms with Crippen molar-refractivity contribution in [2.45, 2.75) is 0 Å². The van der Waals surface area contributed by atoms with E-state index in [1.165, 1.54) is 43.8 Å². The molecule has 7 rings (SSSR count). The van der Waals surface area contributed by atoms with Crippen LogP contribution in [0.15, 0.2) is 151 Å². The van der Waals surface area contributed by atoms with E-state index in [4.69, 9.17) is 4.42 Å². The van der Waals surface area contributed by atoms with Crippen molar-refractivity contribution in [1.82, 2.24) is 0 Å². The second kappa shape index (κ2) is 9.31. The largest absolute Gasteiger partial charge is 0.456 e. The molecule has 1 nitrogen and oxygen atoms in total. The Labute approximate surface area is 227 Å². The first-order chi connectivity index (χ1) is 19.3. The summed E-state index contributed by atoms with van der Waals surface area (Å²) in [7, 11) is 0. The predicted molar refractivity (Wildman–Crippen MR) is 168 cm³/mol. The van der Waals surface area contributed by atoms with E-state index in [0.29, 0.717) is 0 Å². The molecule has 1 heterocycles. The second-order valence-electron chi connectivity index (χ2n) is 9.79. The maximum absolute atomic E-state index is 6.13. The van der Waals surface area contributed by atoms with Crippen molar-refractivity contribution in [1.29, 1.82) is 0 Å². The van der Waals surface area contributed by atoms with Crippen LogP contribution in [0.5, 0.6) is 0 Å². The Balaban J connectivity index is 1.55. The lowest BCUT2D eigenvalue weighted by atomic mass is 9.85. The summed E-state index contributed by atoms with van der Waals surface area (Å²) in [5.74, 6) is 0. The van der Waals surface area contributed by atoms with E-state index in [2.05, 4.69) is 116 Å². The van der Waals surface area contributed by atoms with Crippen molar-refractivity contribution >= 4 is 49.1 Å². The Kier molecular flexibility index (Phi) is 5.49. The molecule has 6 aromatic carbocycles. The van der Waals surface area contributed by atoms with Gasteiger partial charge in [0, 0.05) is 10.8 Å². The van der Waals surface area contributed by atoms with Crippen LogP contribution < -0.4 is 0 Å². The van der Waals surface area contributed by atoms with Crippen LogP contribution in [0.4, 0.5) is 0 Å². The molecule has 0 aliphatic carbocycles. The number of para-hydroxylation sites is 1. The average molecular weight is 499 g/mol. The van der Waals surface area contributed by atoms with Crippen LogP contribution in [-0.4, -0.2) is 0 Å². The first-order valence-corrected chi connectivity index (χ1v) is 13.2. The van der Waals surface area contributed by atoms with Gasteiger partial charge in [0.25, 0.3) is 0 Å². The van der Waals surface area contributed by atoms with Gasteiger partial charge in [0.15, 0.2) is 0 Å². The van der Waals surface area contributed by atoms with E-state index < -0.39 is 0 Å². The smallest absolute Gasteiger partial charge is 0.135 e. The molecule has 0 amide bonds. The van der Waals surface area contributed by atoms with E-state index in [0.717, 1.165) is 33.1 Å². The van der Waals surface area contributed by atoms with E-state index in [1.807, 2.05) is 30.4 Å². The molecule has 0 saturated carbocycles. The van der Waals surface area contributed by atoms with Gasteiger partial charge in [-0.05, 0) is 79.2 Å². The summed E-state index contributed by atoms with van der Waals surface area (Å²) in [6.45, 7) is 7.89. The molecular formula is C38H26O. The van der Waals surface area contributed by atoms with Crippen molar-refractivity contribution in [2.75, 3.05) is 0 Å². The van der Waals surface area contributed by atoms with Gasteiger partial charge in [-0.1, -0.05) is 122 Å². The zero-order chi connectivity index (χ0) is 26.3. The molecule has 184 valence electrons. The Hall–Kier alpha value is -5.14. The number of hydrogen-bond donors (Lipinski definition) is 0. The molecule has 1 heteroatoms. The van der Waals surface area contributed by atoms with Crippen LogP contribution in [0, 0.1) is 0 Å². The molecule has 0 aliphatic heterocycles. The van der Waals surface area contributed by atoms with E-state index in [9.17, 15) is 0 Å². The maximum Gasteiger partial charge on any atom is 0.135 e. The van der Waals surface area contributed by atoms with Gasteiger partial charge in [-0.15, -0.1) is 0 Å². The van der Waals surface area contributed by atoms with Gasteiger partial charge >= 0.3 is 0 Å². The highest BCUT2D eigenvalue weighted by molar-refractivity contribution is 6.22. The van der Waals surface area contributed by atoms with Crippen LogP contribution in [0.1, 0.15) is 5.56 Å². The highest BCUT2D eigenvalue weighted by atomic mass is 16.3. The summed E-state index contributed by atoms with van der Waals surface area (Å²) in [6.07, 6.45) is 5.69. The normalized spacial score (nSPS) is 11.9. The standard InChI is InChI=1S/C38H26O/c1-3-12-25(4-2)26-13-11-14-27(23-26)37-30-16-5-7-18-32(30)38(33-19-8-6-17-31(33)37)28-21-22-36-34(24-28)29-15-9-10-20-35(29)39-36/h3-24H,1-2H2/b25-12+. The fraction of sp³-hybridized carbons (Fsp3) is 0. The Morgan fingerprint density at radius 3 is 1.69 bits per heavy atom. The first kappa shape index (κ1) is 23.0. The fourth-order valence-electron chi connectivity index (χ4n) is 5.90. The van der Waals surface area contributed by atoms with Gasteiger partial charge in [-0.3, -0.25) is 0 Å². The SMILES string of the molecule is C=C/C=C(\C=C)c1cccc(-c2c3ccccc3c(-c3ccc4oc5ccccc5c4c3)c3ccccc23)c1. The molecule has 0 aliphatic rings. The number of benzene rings is 6. The summed E-state index contributed by atoms with van der Waals surface area (Å²) in [5, 5.41) is 7.20. The Bertz CT molecular complexity index is 2040. The molecular weight excluding hydrogens is 472 g/mol. The van der Waals surface area contributed by atoms with Crippen molar-refractivity contribution in [3.8, 4) is 22.3 Å². The van der Waals surface area contributed by atoms with Gasteiger partial charge in [0.1, 0.15) is 11.2 Å². The van der Waals surface area contributed by atoms with Crippen molar-refractivity contribution in [3.05, 3.63) is 152 Å². The van der Waals surface area contributed by atoms with Crippen LogP contribution >= 0.6 is 0 Å². The second-order valence-corrected chi connectivity index (χ2v) is 9.79. The number of fused-ring (bicyclic) bond motifs is 5. The minimum Gasteiger partial charge on any atom is -0.456 e. The Morgan fingerprint density at radius 1 is 0.513 bits per heavy atom. The third-order valence-electron chi connectivity index (χ3n) is 7.60. The molecule has 0 bridgehead atoms. The van der Waals surface area contributed by atoms with Crippen molar-refractivity contribution in [3.63, 3.8) is 0 Å². The summed E-state index contributed by atoms with van der Waals surface area (Å²) in [4.78, 5) is 0. The fourth-order valence-corrected chi connectivity index (χ4v) is 5.90. The third-order valence-corrected chi connectivity index (χ3v) is 7.60.